The number of ether oxygens (including phenoxy) is 2. The molecular formula is C11H24N2O3. The summed E-state index contributed by atoms with van der Waals surface area (Å²) in [5.74, 6) is -0.193. The molecule has 0 aliphatic heterocycles. The zero-order chi connectivity index (χ0) is 12.4. The number of rotatable bonds is 9. The van der Waals surface area contributed by atoms with Crippen molar-refractivity contribution in [1.82, 2.24) is 10.2 Å². The number of carbonyl (C=O) groups is 1. The molecular weight excluding hydrogens is 208 g/mol. The number of nitrogens with zero attached hydrogens (tertiary/aromatic N) is 1. The van der Waals surface area contributed by atoms with E-state index >= 15 is 0 Å². The van der Waals surface area contributed by atoms with Gasteiger partial charge in [-0.2, -0.15) is 0 Å². The van der Waals surface area contributed by atoms with Crippen LogP contribution < -0.4 is 5.32 Å². The van der Waals surface area contributed by atoms with Gasteiger partial charge in [0, 0.05) is 26.7 Å². The summed E-state index contributed by atoms with van der Waals surface area (Å²) in [4.78, 5) is 13.4. The number of esters is 1. The summed E-state index contributed by atoms with van der Waals surface area (Å²) >= 11 is 0. The van der Waals surface area contributed by atoms with Crippen LogP contribution in [-0.2, 0) is 14.3 Å². The minimum absolute atomic E-state index is 0.193. The van der Waals surface area contributed by atoms with E-state index in [9.17, 15) is 4.79 Å². The molecule has 0 aromatic carbocycles. The maximum atomic E-state index is 11.3. The standard InChI is InChI=1S/C11H24N2O3/c1-5-10(11(14)16-4)12-6-7-13(2)8-9-15-3/h10,12H,5-9H2,1-4H3. The topological polar surface area (TPSA) is 50.8 Å². The predicted octanol–water partition coefficient (Wildman–Crippen LogP) is 0.106. The van der Waals surface area contributed by atoms with E-state index in [1.165, 1.54) is 7.11 Å². The van der Waals surface area contributed by atoms with E-state index in [4.69, 9.17) is 9.47 Å². The summed E-state index contributed by atoms with van der Waals surface area (Å²) in [6, 6.07) is -0.194. The fraction of sp³-hybridized carbons (Fsp3) is 0.909. The number of hydrogen-bond acceptors (Lipinski definition) is 5. The molecule has 0 bridgehead atoms. The smallest absolute Gasteiger partial charge is 0.322 e. The van der Waals surface area contributed by atoms with Crippen LogP contribution in [0.5, 0.6) is 0 Å². The molecule has 0 spiro atoms. The quantitative estimate of drug-likeness (QED) is 0.572. The Morgan fingerprint density at radius 2 is 2.06 bits per heavy atom. The van der Waals surface area contributed by atoms with Gasteiger partial charge in [0.05, 0.1) is 13.7 Å². The molecule has 0 saturated heterocycles. The van der Waals surface area contributed by atoms with Crippen molar-refractivity contribution < 1.29 is 14.3 Å². The molecule has 0 aliphatic rings. The van der Waals surface area contributed by atoms with Crippen molar-refractivity contribution in [2.45, 2.75) is 19.4 Å². The van der Waals surface area contributed by atoms with Crippen LogP contribution >= 0.6 is 0 Å². The lowest BCUT2D eigenvalue weighted by molar-refractivity contribution is -0.143. The number of nitrogens with one attached hydrogen (secondary N) is 1. The first-order valence-electron chi connectivity index (χ1n) is 5.64. The lowest BCUT2D eigenvalue weighted by atomic mass is 10.2. The summed E-state index contributed by atoms with van der Waals surface area (Å²) < 4.78 is 9.67. The Morgan fingerprint density at radius 1 is 1.38 bits per heavy atom. The average Bonchev–Trinajstić information content (AvgIpc) is 2.31. The maximum Gasteiger partial charge on any atom is 0.322 e. The van der Waals surface area contributed by atoms with Crippen molar-refractivity contribution >= 4 is 5.97 Å². The van der Waals surface area contributed by atoms with Crippen LogP contribution in [0.25, 0.3) is 0 Å². The first kappa shape index (κ1) is 15.3. The van der Waals surface area contributed by atoms with Crippen molar-refractivity contribution in [1.29, 1.82) is 0 Å². The SMILES string of the molecule is CCC(NCCN(C)CCOC)C(=O)OC. The molecule has 5 heteroatoms. The first-order chi connectivity index (χ1) is 7.65. The molecule has 0 radical (unpaired) electrons. The highest BCUT2D eigenvalue weighted by molar-refractivity contribution is 5.75. The molecule has 5 nitrogen and oxygen atoms in total. The second kappa shape index (κ2) is 9.57. The summed E-state index contributed by atoms with van der Waals surface area (Å²) in [5.41, 5.74) is 0. The van der Waals surface area contributed by atoms with Gasteiger partial charge >= 0.3 is 5.97 Å². The van der Waals surface area contributed by atoms with Crippen molar-refractivity contribution in [2.24, 2.45) is 0 Å². The number of methoxy groups -OCH3 is 2. The summed E-state index contributed by atoms with van der Waals surface area (Å²) in [6.45, 7) is 5.24. The molecule has 0 aromatic heterocycles. The molecule has 96 valence electrons. The van der Waals surface area contributed by atoms with Crippen LogP contribution in [0.3, 0.4) is 0 Å². The van der Waals surface area contributed by atoms with Crippen molar-refractivity contribution in [2.75, 3.05) is 47.5 Å². The molecule has 0 saturated carbocycles. The number of likely N-dealkylation sites (N-methyl/N-ethyl adjacent to an activating group) is 1. The Morgan fingerprint density at radius 3 is 2.56 bits per heavy atom. The summed E-state index contributed by atoms with van der Waals surface area (Å²) in [7, 11) is 5.13. The third-order valence-corrected chi connectivity index (χ3v) is 2.46. The number of hydrogen-bond donors (Lipinski definition) is 1. The van der Waals surface area contributed by atoms with E-state index in [0.29, 0.717) is 0 Å². The molecule has 0 aromatic rings. The van der Waals surface area contributed by atoms with Gasteiger partial charge in [0.1, 0.15) is 6.04 Å². The minimum Gasteiger partial charge on any atom is -0.468 e. The number of carbonyl (C=O) groups excluding carboxylic acids is 1. The maximum absolute atomic E-state index is 11.3. The first-order valence-corrected chi connectivity index (χ1v) is 5.64. The Balaban J connectivity index is 3.65. The normalized spacial score (nSPS) is 12.8. The van der Waals surface area contributed by atoms with Gasteiger partial charge in [0.2, 0.25) is 0 Å². The zero-order valence-electron chi connectivity index (χ0n) is 10.8. The molecule has 1 atom stereocenters. The van der Waals surface area contributed by atoms with Crippen LogP contribution in [-0.4, -0.2) is 64.4 Å². The van der Waals surface area contributed by atoms with Gasteiger partial charge < -0.3 is 19.7 Å². The Kier molecular flexibility index (Phi) is 9.18. The molecule has 0 aliphatic carbocycles. The molecule has 1 unspecified atom stereocenters. The molecule has 0 heterocycles. The van der Waals surface area contributed by atoms with Gasteiger partial charge in [0.15, 0.2) is 0 Å². The largest absolute Gasteiger partial charge is 0.468 e. The van der Waals surface area contributed by atoms with Crippen LogP contribution in [0.1, 0.15) is 13.3 Å². The molecule has 1 N–H and O–H groups in total. The Bertz CT molecular complexity index is 188. The van der Waals surface area contributed by atoms with Crippen molar-refractivity contribution in [3.8, 4) is 0 Å². The van der Waals surface area contributed by atoms with E-state index in [1.807, 2.05) is 14.0 Å². The van der Waals surface area contributed by atoms with Gasteiger partial charge in [-0.05, 0) is 13.5 Å². The van der Waals surface area contributed by atoms with Crippen LogP contribution in [0.4, 0.5) is 0 Å². The Labute approximate surface area is 98.1 Å². The Hall–Kier alpha value is -0.650. The molecule has 16 heavy (non-hydrogen) atoms. The zero-order valence-corrected chi connectivity index (χ0v) is 10.8. The third-order valence-electron chi connectivity index (χ3n) is 2.46. The van der Waals surface area contributed by atoms with Crippen LogP contribution in [0.15, 0.2) is 0 Å². The monoisotopic (exact) mass is 232 g/mol. The highest BCUT2D eigenvalue weighted by atomic mass is 16.5. The van der Waals surface area contributed by atoms with Gasteiger partial charge in [0.25, 0.3) is 0 Å². The molecule has 0 amide bonds. The average molecular weight is 232 g/mol. The highest BCUT2D eigenvalue weighted by Crippen LogP contribution is 1.93. The van der Waals surface area contributed by atoms with E-state index in [0.717, 1.165) is 32.7 Å². The van der Waals surface area contributed by atoms with Crippen LogP contribution in [0.2, 0.25) is 0 Å². The fourth-order valence-corrected chi connectivity index (χ4v) is 1.33. The van der Waals surface area contributed by atoms with Crippen molar-refractivity contribution in [3.63, 3.8) is 0 Å². The van der Waals surface area contributed by atoms with Crippen LogP contribution in [0, 0.1) is 0 Å². The fourth-order valence-electron chi connectivity index (χ4n) is 1.33. The van der Waals surface area contributed by atoms with E-state index in [-0.39, 0.29) is 12.0 Å². The second-order valence-electron chi connectivity index (χ2n) is 3.73. The van der Waals surface area contributed by atoms with E-state index < -0.39 is 0 Å². The van der Waals surface area contributed by atoms with Gasteiger partial charge in [-0.25, -0.2) is 0 Å². The van der Waals surface area contributed by atoms with Gasteiger partial charge in [-0.3, -0.25) is 4.79 Å². The minimum atomic E-state index is -0.194. The lowest BCUT2D eigenvalue weighted by Gasteiger charge is -2.19. The lowest BCUT2D eigenvalue weighted by Crippen LogP contribution is -2.41. The molecule has 0 fully saturated rings. The highest BCUT2D eigenvalue weighted by Gasteiger charge is 2.15. The second-order valence-corrected chi connectivity index (χ2v) is 3.73. The molecule has 0 rings (SSSR count). The van der Waals surface area contributed by atoms with Crippen molar-refractivity contribution in [3.05, 3.63) is 0 Å². The third kappa shape index (κ3) is 6.76. The summed E-state index contributed by atoms with van der Waals surface area (Å²) in [6.07, 6.45) is 0.745. The summed E-state index contributed by atoms with van der Waals surface area (Å²) in [5, 5.41) is 3.17. The van der Waals surface area contributed by atoms with Gasteiger partial charge in [-0.15, -0.1) is 0 Å². The predicted molar refractivity (Wildman–Crippen MR) is 63.5 cm³/mol. The van der Waals surface area contributed by atoms with E-state index in [2.05, 4.69) is 10.2 Å². The van der Waals surface area contributed by atoms with E-state index in [1.54, 1.807) is 7.11 Å². The van der Waals surface area contributed by atoms with Gasteiger partial charge in [-0.1, -0.05) is 6.92 Å².